The first-order chi connectivity index (χ1) is 9.61. The van der Waals surface area contributed by atoms with Crippen LogP contribution < -0.4 is 0 Å². The maximum Gasteiger partial charge on any atom is 0.142 e. The summed E-state index contributed by atoms with van der Waals surface area (Å²) in [5.74, 6) is 0.690. The lowest BCUT2D eigenvalue weighted by molar-refractivity contribution is 0.959. The maximum atomic E-state index is 9.16. The van der Waals surface area contributed by atoms with Crippen LogP contribution in [0.4, 0.5) is 0 Å². The molecule has 2 aromatic carbocycles. The van der Waals surface area contributed by atoms with Crippen molar-refractivity contribution in [2.75, 3.05) is 0 Å². The molecule has 3 nitrogen and oxygen atoms in total. The number of para-hydroxylation sites is 1. The Bertz CT molecular complexity index is 859. The zero-order chi connectivity index (χ0) is 14.3. The van der Waals surface area contributed by atoms with Crippen LogP contribution in [0.15, 0.2) is 36.4 Å². The highest BCUT2D eigenvalue weighted by Crippen LogP contribution is 2.32. The Hall–Kier alpha value is -2.02. The van der Waals surface area contributed by atoms with E-state index in [0.29, 0.717) is 26.9 Å². The van der Waals surface area contributed by atoms with Gasteiger partial charge in [-0.15, -0.1) is 0 Å². The standard InChI is InChI=1S/C15H9Cl2N3/c1-20-13-4-2-3-9(8-18)14(13)19-15(20)11-7-10(16)5-6-12(11)17/h2-7H,1H3. The zero-order valence-corrected chi connectivity index (χ0v) is 12.1. The second kappa shape index (κ2) is 4.82. The van der Waals surface area contributed by atoms with Gasteiger partial charge >= 0.3 is 0 Å². The summed E-state index contributed by atoms with van der Waals surface area (Å²) in [5.41, 5.74) is 2.85. The van der Waals surface area contributed by atoms with Gasteiger partial charge in [0.05, 0.1) is 16.1 Å². The van der Waals surface area contributed by atoms with Gasteiger partial charge in [-0.1, -0.05) is 29.3 Å². The molecule has 0 bridgehead atoms. The summed E-state index contributed by atoms with van der Waals surface area (Å²) in [4.78, 5) is 4.55. The average Bonchev–Trinajstić information content (AvgIpc) is 2.79. The minimum Gasteiger partial charge on any atom is -0.327 e. The van der Waals surface area contributed by atoms with Gasteiger partial charge in [0, 0.05) is 17.6 Å². The molecule has 0 N–H and O–H groups in total. The molecule has 5 heteroatoms. The summed E-state index contributed by atoms with van der Waals surface area (Å²) in [6, 6.07) is 12.9. The Morgan fingerprint density at radius 3 is 2.75 bits per heavy atom. The van der Waals surface area contributed by atoms with E-state index in [4.69, 9.17) is 28.5 Å². The number of fused-ring (bicyclic) bond motifs is 1. The summed E-state index contributed by atoms with van der Waals surface area (Å²) in [6.45, 7) is 0. The molecule has 0 atom stereocenters. The van der Waals surface area contributed by atoms with Gasteiger partial charge in [0.15, 0.2) is 0 Å². The molecule has 0 amide bonds. The van der Waals surface area contributed by atoms with Crippen molar-refractivity contribution >= 4 is 34.2 Å². The number of aryl methyl sites for hydroxylation is 1. The van der Waals surface area contributed by atoms with Crippen molar-refractivity contribution in [1.29, 1.82) is 5.26 Å². The first-order valence-electron chi connectivity index (χ1n) is 5.93. The monoisotopic (exact) mass is 301 g/mol. The molecule has 0 aliphatic rings. The molecule has 0 unspecified atom stereocenters. The van der Waals surface area contributed by atoms with Crippen LogP contribution in [0.1, 0.15) is 5.56 Å². The number of benzene rings is 2. The number of nitriles is 1. The molecule has 0 radical (unpaired) electrons. The van der Waals surface area contributed by atoms with Crippen LogP contribution in [-0.2, 0) is 7.05 Å². The maximum absolute atomic E-state index is 9.16. The lowest BCUT2D eigenvalue weighted by Crippen LogP contribution is -1.93. The smallest absolute Gasteiger partial charge is 0.142 e. The number of aromatic nitrogens is 2. The van der Waals surface area contributed by atoms with Gasteiger partial charge in [0.2, 0.25) is 0 Å². The molecule has 0 aliphatic heterocycles. The van der Waals surface area contributed by atoms with Gasteiger partial charge in [0.25, 0.3) is 0 Å². The van der Waals surface area contributed by atoms with Gasteiger partial charge in [-0.2, -0.15) is 5.26 Å². The predicted octanol–water partition coefficient (Wildman–Crippen LogP) is 4.42. The van der Waals surface area contributed by atoms with E-state index in [2.05, 4.69) is 11.1 Å². The van der Waals surface area contributed by atoms with Gasteiger partial charge in [0.1, 0.15) is 17.4 Å². The molecule has 20 heavy (non-hydrogen) atoms. The number of nitrogens with zero attached hydrogens (tertiary/aromatic N) is 3. The molecule has 3 rings (SSSR count). The van der Waals surface area contributed by atoms with Gasteiger partial charge in [-0.25, -0.2) is 4.98 Å². The third kappa shape index (κ3) is 1.94. The molecule has 0 spiro atoms. The van der Waals surface area contributed by atoms with Crippen LogP contribution in [0, 0.1) is 11.3 Å². The van der Waals surface area contributed by atoms with E-state index >= 15 is 0 Å². The van der Waals surface area contributed by atoms with Crippen molar-refractivity contribution in [1.82, 2.24) is 9.55 Å². The van der Waals surface area contributed by atoms with Gasteiger partial charge in [-0.05, 0) is 30.3 Å². The number of hydrogen-bond donors (Lipinski definition) is 0. The van der Waals surface area contributed by atoms with Crippen molar-refractivity contribution in [2.45, 2.75) is 0 Å². The highest BCUT2D eigenvalue weighted by molar-refractivity contribution is 6.35. The largest absolute Gasteiger partial charge is 0.327 e. The molecule has 0 fully saturated rings. The summed E-state index contributed by atoms with van der Waals surface area (Å²) < 4.78 is 1.91. The van der Waals surface area contributed by atoms with E-state index in [1.165, 1.54) is 0 Å². The lowest BCUT2D eigenvalue weighted by atomic mass is 10.2. The van der Waals surface area contributed by atoms with Crippen molar-refractivity contribution < 1.29 is 0 Å². The van der Waals surface area contributed by atoms with Crippen LogP contribution >= 0.6 is 23.2 Å². The normalized spacial score (nSPS) is 10.7. The topological polar surface area (TPSA) is 41.6 Å². The Morgan fingerprint density at radius 1 is 1.20 bits per heavy atom. The Kier molecular flexibility index (Phi) is 3.13. The molecule has 98 valence electrons. The van der Waals surface area contributed by atoms with E-state index in [-0.39, 0.29) is 0 Å². The fourth-order valence-electron chi connectivity index (χ4n) is 2.21. The highest BCUT2D eigenvalue weighted by Gasteiger charge is 2.15. The van der Waals surface area contributed by atoms with E-state index in [1.807, 2.05) is 23.7 Å². The number of hydrogen-bond acceptors (Lipinski definition) is 2. The van der Waals surface area contributed by atoms with Crippen LogP contribution in [0.3, 0.4) is 0 Å². The molecule has 3 aromatic rings. The number of imidazole rings is 1. The van der Waals surface area contributed by atoms with E-state index in [1.54, 1.807) is 24.3 Å². The lowest BCUT2D eigenvalue weighted by Gasteiger charge is -2.05. The minimum absolute atomic E-state index is 0.544. The molecule has 0 aliphatic carbocycles. The number of halogens is 2. The molecule has 0 saturated carbocycles. The first kappa shape index (κ1) is 13.0. The van der Waals surface area contributed by atoms with Crippen LogP contribution in [0.25, 0.3) is 22.4 Å². The second-order valence-electron chi connectivity index (χ2n) is 4.40. The van der Waals surface area contributed by atoms with E-state index in [0.717, 1.165) is 11.1 Å². The second-order valence-corrected chi connectivity index (χ2v) is 5.25. The molecular weight excluding hydrogens is 293 g/mol. The molecule has 1 aromatic heterocycles. The minimum atomic E-state index is 0.544. The fourth-order valence-corrected chi connectivity index (χ4v) is 2.59. The Balaban J connectivity index is 2.36. The Morgan fingerprint density at radius 2 is 2.00 bits per heavy atom. The van der Waals surface area contributed by atoms with E-state index in [9.17, 15) is 0 Å². The summed E-state index contributed by atoms with van der Waals surface area (Å²) >= 11 is 12.3. The molecular formula is C15H9Cl2N3. The Labute approximate surface area is 126 Å². The third-order valence-corrected chi connectivity index (χ3v) is 3.77. The van der Waals surface area contributed by atoms with Crippen molar-refractivity contribution in [3.63, 3.8) is 0 Å². The fraction of sp³-hybridized carbons (Fsp3) is 0.0667. The predicted molar refractivity (Wildman–Crippen MR) is 80.9 cm³/mol. The van der Waals surface area contributed by atoms with Crippen molar-refractivity contribution in [2.24, 2.45) is 7.05 Å². The molecule has 1 heterocycles. The van der Waals surface area contributed by atoms with Crippen molar-refractivity contribution in [3.05, 3.63) is 52.0 Å². The number of rotatable bonds is 1. The average molecular weight is 302 g/mol. The summed E-state index contributed by atoms with van der Waals surface area (Å²) in [7, 11) is 1.89. The zero-order valence-electron chi connectivity index (χ0n) is 10.6. The van der Waals surface area contributed by atoms with Crippen LogP contribution in [0.5, 0.6) is 0 Å². The first-order valence-corrected chi connectivity index (χ1v) is 6.68. The quantitative estimate of drug-likeness (QED) is 0.667. The van der Waals surface area contributed by atoms with Gasteiger partial charge in [-0.3, -0.25) is 0 Å². The van der Waals surface area contributed by atoms with Crippen LogP contribution in [-0.4, -0.2) is 9.55 Å². The summed E-state index contributed by atoms with van der Waals surface area (Å²) in [6.07, 6.45) is 0. The van der Waals surface area contributed by atoms with Gasteiger partial charge < -0.3 is 4.57 Å². The molecule has 0 saturated heterocycles. The van der Waals surface area contributed by atoms with Crippen LogP contribution in [0.2, 0.25) is 10.0 Å². The SMILES string of the molecule is Cn1c(-c2cc(Cl)ccc2Cl)nc2c(C#N)cccc21. The third-order valence-electron chi connectivity index (χ3n) is 3.20. The summed E-state index contributed by atoms with van der Waals surface area (Å²) in [5, 5.41) is 10.3. The van der Waals surface area contributed by atoms with E-state index < -0.39 is 0 Å². The highest BCUT2D eigenvalue weighted by atomic mass is 35.5. The van der Waals surface area contributed by atoms with Crippen molar-refractivity contribution in [3.8, 4) is 17.5 Å².